The molecule has 0 bridgehead atoms. The molecule has 0 spiro atoms. The van der Waals surface area contributed by atoms with Gasteiger partial charge in [0.25, 0.3) is 5.91 Å². The van der Waals surface area contributed by atoms with Crippen LogP contribution in [0.3, 0.4) is 0 Å². The van der Waals surface area contributed by atoms with Gasteiger partial charge in [-0.25, -0.2) is 9.97 Å². The zero-order valence-electron chi connectivity index (χ0n) is 14.0. The van der Waals surface area contributed by atoms with Gasteiger partial charge in [-0.05, 0) is 32.0 Å². The zero-order valence-corrected chi connectivity index (χ0v) is 14.0. The Balaban J connectivity index is 1.65. The molecule has 2 aromatic rings. The van der Waals surface area contributed by atoms with Crippen molar-refractivity contribution in [3.63, 3.8) is 0 Å². The molecule has 0 atom stereocenters. The number of rotatable bonds is 4. The summed E-state index contributed by atoms with van der Waals surface area (Å²) in [5.74, 6) is 0.632. The average Bonchev–Trinajstić information content (AvgIpc) is 2.62. The van der Waals surface area contributed by atoms with Crippen LogP contribution in [0.2, 0.25) is 0 Å². The topological polar surface area (TPSA) is 74.2 Å². The van der Waals surface area contributed by atoms with Crippen molar-refractivity contribution in [2.24, 2.45) is 0 Å². The van der Waals surface area contributed by atoms with Crippen molar-refractivity contribution in [2.45, 2.75) is 19.9 Å². The molecule has 1 aliphatic heterocycles. The molecule has 0 aromatic carbocycles. The van der Waals surface area contributed by atoms with E-state index < -0.39 is 0 Å². The predicted molar refractivity (Wildman–Crippen MR) is 93.3 cm³/mol. The molecule has 7 heteroatoms. The fraction of sp³-hybridized carbons (Fsp3) is 0.412. The minimum Gasteiger partial charge on any atom is -0.368 e. The van der Waals surface area contributed by atoms with Gasteiger partial charge in [0.2, 0.25) is 5.95 Å². The quantitative estimate of drug-likeness (QED) is 0.914. The number of hydrogen-bond donors (Lipinski definition) is 1. The Morgan fingerprint density at radius 3 is 2.38 bits per heavy atom. The summed E-state index contributed by atoms with van der Waals surface area (Å²) in [5, 5.41) is 2.87. The molecule has 3 rings (SSSR count). The first-order valence-electron chi connectivity index (χ1n) is 8.17. The standard InChI is InChI=1S/C17H22N6O/c1-13(2)21-16(24)15-12-14(4-7-18-15)22-8-10-23(11-9-22)17-19-5-3-6-20-17/h3-7,12-13H,8-11H2,1-2H3,(H,21,24). The Labute approximate surface area is 141 Å². The molecule has 2 aromatic heterocycles. The average molecular weight is 326 g/mol. The van der Waals surface area contributed by atoms with E-state index >= 15 is 0 Å². The third-order valence-electron chi connectivity index (χ3n) is 3.88. The Morgan fingerprint density at radius 1 is 1.04 bits per heavy atom. The smallest absolute Gasteiger partial charge is 0.270 e. The van der Waals surface area contributed by atoms with Crippen LogP contribution in [0.5, 0.6) is 0 Å². The van der Waals surface area contributed by atoms with E-state index in [1.54, 1.807) is 18.6 Å². The lowest BCUT2D eigenvalue weighted by atomic mass is 10.2. The first kappa shape index (κ1) is 16.2. The molecule has 126 valence electrons. The number of amides is 1. The summed E-state index contributed by atoms with van der Waals surface area (Å²) in [5.41, 5.74) is 1.47. The Bertz CT molecular complexity index is 682. The summed E-state index contributed by atoms with van der Waals surface area (Å²) < 4.78 is 0. The van der Waals surface area contributed by atoms with Crippen molar-refractivity contribution in [3.05, 3.63) is 42.5 Å². The highest BCUT2D eigenvalue weighted by Gasteiger charge is 2.20. The van der Waals surface area contributed by atoms with Gasteiger partial charge in [0.05, 0.1) is 0 Å². The number of aromatic nitrogens is 3. The van der Waals surface area contributed by atoms with Crippen LogP contribution in [0, 0.1) is 0 Å². The van der Waals surface area contributed by atoms with Crippen molar-refractivity contribution in [1.29, 1.82) is 0 Å². The molecular weight excluding hydrogens is 304 g/mol. The summed E-state index contributed by atoms with van der Waals surface area (Å²) >= 11 is 0. The number of anilines is 2. The molecule has 1 amide bonds. The Hall–Kier alpha value is -2.70. The molecule has 7 nitrogen and oxygen atoms in total. The van der Waals surface area contributed by atoms with Crippen LogP contribution in [0.25, 0.3) is 0 Å². The first-order valence-corrected chi connectivity index (χ1v) is 8.17. The highest BCUT2D eigenvalue weighted by molar-refractivity contribution is 5.93. The van der Waals surface area contributed by atoms with E-state index in [-0.39, 0.29) is 11.9 Å². The number of carbonyl (C=O) groups excluding carboxylic acids is 1. The van der Waals surface area contributed by atoms with Gasteiger partial charge in [-0.1, -0.05) is 0 Å². The summed E-state index contributed by atoms with van der Waals surface area (Å²) in [6.07, 6.45) is 5.21. The second-order valence-corrected chi connectivity index (χ2v) is 6.05. The highest BCUT2D eigenvalue weighted by Crippen LogP contribution is 2.18. The fourth-order valence-electron chi connectivity index (χ4n) is 2.70. The fourth-order valence-corrected chi connectivity index (χ4v) is 2.70. The van der Waals surface area contributed by atoms with Crippen LogP contribution >= 0.6 is 0 Å². The minimum atomic E-state index is -0.136. The van der Waals surface area contributed by atoms with Crippen LogP contribution in [0.1, 0.15) is 24.3 Å². The normalized spacial score (nSPS) is 14.8. The molecule has 3 heterocycles. The Morgan fingerprint density at radius 2 is 1.71 bits per heavy atom. The van der Waals surface area contributed by atoms with Gasteiger partial charge in [-0.2, -0.15) is 0 Å². The molecule has 24 heavy (non-hydrogen) atoms. The van der Waals surface area contributed by atoms with Crippen molar-refractivity contribution >= 4 is 17.5 Å². The lowest BCUT2D eigenvalue weighted by Crippen LogP contribution is -2.47. The number of pyridine rings is 1. The van der Waals surface area contributed by atoms with Gasteiger partial charge < -0.3 is 15.1 Å². The van der Waals surface area contributed by atoms with Gasteiger partial charge in [-0.15, -0.1) is 0 Å². The van der Waals surface area contributed by atoms with Crippen molar-refractivity contribution in [3.8, 4) is 0 Å². The molecule has 0 aliphatic carbocycles. The molecule has 1 aliphatic rings. The lowest BCUT2D eigenvalue weighted by molar-refractivity contribution is 0.0938. The molecule has 1 saturated heterocycles. The van der Waals surface area contributed by atoms with Crippen LogP contribution < -0.4 is 15.1 Å². The summed E-state index contributed by atoms with van der Waals surface area (Å²) in [4.78, 5) is 29.3. The van der Waals surface area contributed by atoms with Crippen LogP contribution in [0.4, 0.5) is 11.6 Å². The van der Waals surface area contributed by atoms with E-state index in [0.717, 1.165) is 37.8 Å². The van der Waals surface area contributed by atoms with Crippen LogP contribution in [0.15, 0.2) is 36.8 Å². The summed E-state index contributed by atoms with van der Waals surface area (Å²) in [6, 6.07) is 5.71. The van der Waals surface area contributed by atoms with E-state index in [1.807, 2.05) is 32.0 Å². The van der Waals surface area contributed by atoms with Crippen molar-refractivity contribution in [1.82, 2.24) is 20.3 Å². The molecule has 0 saturated carbocycles. The second kappa shape index (κ2) is 7.25. The molecule has 0 unspecified atom stereocenters. The van der Waals surface area contributed by atoms with Gasteiger partial charge in [0, 0.05) is 56.5 Å². The lowest BCUT2D eigenvalue weighted by Gasteiger charge is -2.36. The van der Waals surface area contributed by atoms with E-state index in [0.29, 0.717) is 5.69 Å². The van der Waals surface area contributed by atoms with E-state index in [9.17, 15) is 4.79 Å². The predicted octanol–water partition coefficient (Wildman–Crippen LogP) is 1.34. The third-order valence-corrected chi connectivity index (χ3v) is 3.88. The zero-order chi connectivity index (χ0) is 16.9. The highest BCUT2D eigenvalue weighted by atomic mass is 16.1. The number of piperazine rings is 1. The molecular formula is C17H22N6O. The maximum atomic E-state index is 12.1. The van der Waals surface area contributed by atoms with Gasteiger partial charge in [-0.3, -0.25) is 9.78 Å². The first-order chi connectivity index (χ1) is 11.6. The number of nitrogens with zero attached hydrogens (tertiary/aromatic N) is 5. The Kier molecular flexibility index (Phi) is 4.88. The van der Waals surface area contributed by atoms with Gasteiger partial charge in [0.15, 0.2) is 0 Å². The molecule has 1 N–H and O–H groups in total. The van der Waals surface area contributed by atoms with E-state index in [2.05, 4.69) is 30.1 Å². The summed E-state index contributed by atoms with van der Waals surface area (Å²) in [7, 11) is 0. The molecule has 0 radical (unpaired) electrons. The maximum Gasteiger partial charge on any atom is 0.270 e. The summed E-state index contributed by atoms with van der Waals surface area (Å²) in [6.45, 7) is 7.28. The number of hydrogen-bond acceptors (Lipinski definition) is 6. The van der Waals surface area contributed by atoms with Crippen LogP contribution in [-0.2, 0) is 0 Å². The van der Waals surface area contributed by atoms with Crippen molar-refractivity contribution < 1.29 is 4.79 Å². The van der Waals surface area contributed by atoms with E-state index in [1.165, 1.54) is 0 Å². The third kappa shape index (κ3) is 3.79. The second-order valence-electron chi connectivity index (χ2n) is 6.05. The van der Waals surface area contributed by atoms with Gasteiger partial charge >= 0.3 is 0 Å². The number of nitrogens with one attached hydrogen (secondary N) is 1. The van der Waals surface area contributed by atoms with Gasteiger partial charge in [0.1, 0.15) is 5.69 Å². The molecule has 1 fully saturated rings. The SMILES string of the molecule is CC(C)NC(=O)c1cc(N2CCN(c3ncccn3)CC2)ccn1. The van der Waals surface area contributed by atoms with E-state index in [4.69, 9.17) is 0 Å². The van der Waals surface area contributed by atoms with Crippen LogP contribution in [-0.4, -0.2) is 53.1 Å². The number of carbonyl (C=O) groups is 1. The monoisotopic (exact) mass is 326 g/mol. The van der Waals surface area contributed by atoms with Crippen molar-refractivity contribution in [2.75, 3.05) is 36.0 Å². The minimum absolute atomic E-state index is 0.0948. The largest absolute Gasteiger partial charge is 0.368 e. The maximum absolute atomic E-state index is 12.1.